The van der Waals surface area contributed by atoms with Gasteiger partial charge < -0.3 is 0 Å². The number of hydrogen-bond acceptors (Lipinski definition) is 4. The Hall–Kier alpha value is -4.87. The molecule has 0 N–H and O–H groups in total. The third-order valence-corrected chi connectivity index (χ3v) is 8.14. The molecule has 8 rings (SSSR count). The molecule has 5 heteroatoms. The number of hydrogen-bond donors (Lipinski definition) is 0. The van der Waals surface area contributed by atoms with Crippen LogP contribution in [-0.4, -0.2) is 19.4 Å². The third-order valence-electron chi connectivity index (χ3n) is 7.05. The summed E-state index contributed by atoms with van der Waals surface area (Å²) in [6.07, 6.45) is 0. The first-order valence-corrected chi connectivity index (χ1v) is 13.4. The second-order valence-electron chi connectivity index (χ2n) is 9.33. The average molecular weight is 505 g/mol. The largest absolute Gasteiger partial charge is 0.283 e. The molecule has 0 amide bonds. The fourth-order valence-corrected chi connectivity index (χ4v) is 6.41. The molecule has 0 fully saturated rings. The van der Waals surface area contributed by atoms with E-state index in [1.807, 2.05) is 48.5 Å². The smallest absolute Gasteiger partial charge is 0.195 e. The third kappa shape index (κ3) is 3.26. The molecule has 5 aromatic carbocycles. The SMILES string of the molecule is c1ccc(-c2nc3ccccc3nc2-c2ccc(-c3cccc4c3sc3nc5ccccc5n34)cc2)cc1. The van der Waals surface area contributed by atoms with E-state index < -0.39 is 0 Å². The normalized spacial score (nSPS) is 11.7. The average Bonchev–Trinajstić information content (AvgIpc) is 3.53. The molecule has 0 unspecified atom stereocenters. The molecule has 8 aromatic rings. The number of benzene rings is 5. The molecular formula is C33H20N4S. The van der Waals surface area contributed by atoms with Gasteiger partial charge in [0.2, 0.25) is 0 Å². The second-order valence-corrected chi connectivity index (χ2v) is 10.3. The predicted molar refractivity (Wildman–Crippen MR) is 157 cm³/mol. The van der Waals surface area contributed by atoms with Crippen molar-refractivity contribution in [2.75, 3.05) is 0 Å². The fraction of sp³-hybridized carbons (Fsp3) is 0. The van der Waals surface area contributed by atoms with E-state index in [1.165, 1.54) is 21.3 Å². The van der Waals surface area contributed by atoms with Gasteiger partial charge >= 0.3 is 0 Å². The molecule has 0 radical (unpaired) electrons. The van der Waals surface area contributed by atoms with Crippen LogP contribution in [0.3, 0.4) is 0 Å². The summed E-state index contributed by atoms with van der Waals surface area (Å²) >= 11 is 1.74. The lowest BCUT2D eigenvalue weighted by molar-refractivity contribution is 1.29. The molecule has 38 heavy (non-hydrogen) atoms. The summed E-state index contributed by atoms with van der Waals surface area (Å²) in [6, 6.07) is 41.9. The molecule has 0 atom stereocenters. The van der Waals surface area contributed by atoms with Crippen LogP contribution >= 0.6 is 11.3 Å². The van der Waals surface area contributed by atoms with Gasteiger partial charge in [0.1, 0.15) is 0 Å². The number of rotatable bonds is 3. The van der Waals surface area contributed by atoms with E-state index in [4.69, 9.17) is 15.0 Å². The molecule has 3 heterocycles. The van der Waals surface area contributed by atoms with E-state index in [9.17, 15) is 0 Å². The molecule has 3 aromatic heterocycles. The van der Waals surface area contributed by atoms with Gasteiger partial charge in [-0.3, -0.25) is 4.40 Å². The van der Waals surface area contributed by atoms with Crippen molar-refractivity contribution in [3.63, 3.8) is 0 Å². The van der Waals surface area contributed by atoms with E-state index >= 15 is 0 Å². The van der Waals surface area contributed by atoms with Crippen LogP contribution in [0.15, 0.2) is 121 Å². The first kappa shape index (κ1) is 21.2. The van der Waals surface area contributed by atoms with Crippen LogP contribution < -0.4 is 0 Å². The minimum atomic E-state index is 0.890. The van der Waals surface area contributed by atoms with Crippen LogP contribution in [0.25, 0.3) is 70.9 Å². The first-order chi connectivity index (χ1) is 18.8. The maximum absolute atomic E-state index is 5.05. The van der Waals surface area contributed by atoms with Gasteiger partial charge in [-0.05, 0) is 35.9 Å². The molecule has 178 valence electrons. The molecular weight excluding hydrogens is 484 g/mol. The van der Waals surface area contributed by atoms with Gasteiger partial charge in [0.15, 0.2) is 4.96 Å². The Morgan fingerprint density at radius 2 is 1.03 bits per heavy atom. The molecule has 0 aliphatic carbocycles. The quantitative estimate of drug-likeness (QED) is 0.242. The molecule has 0 aliphatic rings. The second kappa shape index (κ2) is 8.33. The number of para-hydroxylation sites is 4. The Balaban J connectivity index is 1.28. The highest BCUT2D eigenvalue weighted by Gasteiger charge is 2.16. The number of nitrogens with zero attached hydrogens (tertiary/aromatic N) is 4. The van der Waals surface area contributed by atoms with Gasteiger partial charge in [-0.25, -0.2) is 15.0 Å². The first-order valence-electron chi connectivity index (χ1n) is 12.6. The maximum Gasteiger partial charge on any atom is 0.195 e. The summed E-state index contributed by atoms with van der Waals surface area (Å²) in [7, 11) is 0. The molecule has 0 saturated carbocycles. The zero-order valence-electron chi connectivity index (χ0n) is 20.2. The van der Waals surface area contributed by atoms with Crippen molar-refractivity contribution in [3.05, 3.63) is 121 Å². The van der Waals surface area contributed by atoms with E-state index in [1.54, 1.807) is 11.3 Å². The fourth-order valence-electron chi connectivity index (χ4n) is 5.24. The van der Waals surface area contributed by atoms with Gasteiger partial charge in [-0.1, -0.05) is 102 Å². The van der Waals surface area contributed by atoms with Crippen molar-refractivity contribution >= 4 is 48.6 Å². The highest BCUT2D eigenvalue weighted by atomic mass is 32.1. The van der Waals surface area contributed by atoms with Crippen LogP contribution in [0.2, 0.25) is 0 Å². The Kier molecular flexibility index (Phi) is 4.66. The van der Waals surface area contributed by atoms with E-state index in [-0.39, 0.29) is 0 Å². The van der Waals surface area contributed by atoms with Crippen molar-refractivity contribution in [2.45, 2.75) is 0 Å². The summed E-state index contributed by atoms with van der Waals surface area (Å²) in [5.74, 6) is 0. The molecule has 0 spiro atoms. The van der Waals surface area contributed by atoms with Crippen LogP contribution in [0, 0.1) is 0 Å². The van der Waals surface area contributed by atoms with Crippen molar-refractivity contribution < 1.29 is 0 Å². The monoisotopic (exact) mass is 504 g/mol. The zero-order valence-corrected chi connectivity index (χ0v) is 21.1. The van der Waals surface area contributed by atoms with Gasteiger partial charge in [0.05, 0.1) is 43.7 Å². The van der Waals surface area contributed by atoms with Crippen LogP contribution in [-0.2, 0) is 0 Å². The lowest BCUT2D eigenvalue weighted by Gasteiger charge is -2.11. The summed E-state index contributed by atoms with van der Waals surface area (Å²) in [5.41, 5.74) is 11.4. The van der Waals surface area contributed by atoms with E-state index in [0.29, 0.717) is 0 Å². The summed E-state index contributed by atoms with van der Waals surface area (Å²) in [6.45, 7) is 0. The number of thiazole rings is 1. The standard InChI is InChI=1S/C33H20N4S/c1-2-9-22(10-3-1)30-31(35-26-13-5-4-12-25(26)34-30)23-19-17-21(18-20-23)24-11-8-16-29-32(24)38-33-36-27-14-6-7-15-28(27)37(29)33/h1-20H. The molecule has 4 nitrogen and oxygen atoms in total. The highest BCUT2D eigenvalue weighted by molar-refractivity contribution is 7.24. The molecule has 0 bridgehead atoms. The van der Waals surface area contributed by atoms with E-state index in [0.717, 1.165) is 49.5 Å². The Labute approximate surface area is 222 Å². The number of imidazole rings is 1. The number of aromatic nitrogens is 4. The van der Waals surface area contributed by atoms with Crippen LogP contribution in [0.4, 0.5) is 0 Å². The lowest BCUT2D eigenvalue weighted by atomic mass is 9.99. The van der Waals surface area contributed by atoms with Gasteiger partial charge in [0, 0.05) is 16.7 Å². The van der Waals surface area contributed by atoms with Gasteiger partial charge in [-0.2, -0.15) is 0 Å². The minimum absolute atomic E-state index is 0.890. The summed E-state index contributed by atoms with van der Waals surface area (Å²) < 4.78 is 3.51. The predicted octanol–water partition coefficient (Wildman–Crippen LogP) is 8.65. The Morgan fingerprint density at radius 3 is 1.76 bits per heavy atom. The topological polar surface area (TPSA) is 43.1 Å². The summed E-state index contributed by atoms with van der Waals surface area (Å²) in [5, 5.41) is 0. The molecule has 0 saturated heterocycles. The van der Waals surface area contributed by atoms with Crippen molar-refractivity contribution in [3.8, 4) is 33.6 Å². The number of fused-ring (bicyclic) bond motifs is 6. The zero-order chi connectivity index (χ0) is 25.1. The van der Waals surface area contributed by atoms with Gasteiger partial charge in [0.25, 0.3) is 0 Å². The van der Waals surface area contributed by atoms with Crippen LogP contribution in [0.1, 0.15) is 0 Å². The van der Waals surface area contributed by atoms with Crippen molar-refractivity contribution in [2.24, 2.45) is 0 Å². The van der Waals surface area contributed by atoms with Gasteiger partial charge in [-0.15, -0.1) is 0 Å². The van der Waals surface area contributed by atoms with Crippen LogP contribution in [0.5, 0.6) is 0 Å². The highest BCUT2D eigenvalue weighted by Crippen LogP contribution is 2.38. The molecule has 0 aliphatic heterocycles. The maximum atomic E-state index is 5.05. The van der Waals surface area contributed by atoms with Crippen molar-refractivity contribution in [1.29, 1.82) is 0 Å². The summed E-state index contributed by atoms with van der Waals surface area (Å²) in [4.78, 5) is 16.0. The Morgan fingerprint density at radius 1 is 0.447 bits per heavy atom. The Bertz CT molecular complexity index is 2120. The van der Waals surface area contributed by atoms with E-state index in [2.05, 4.69) is 77.2 Å². The van der Waals surface area contributed by atoms with Crippen molar-refractivity contribution in [1.82, 2.24) is 19.4 Å². The lowest BCUT2D eigenvalue weighted by Crippen LogP contribution is -1.95. The minimum Gasteiger partial charge on any atom is -0.283 e.